The van der Waals surface area contributed by atoms with E-state index in [1.807, 2.05) is 30.2 Å². The Labute approximate surface area is 143 Å². The summed E-state index contributed by atoms with van der Waals surface area (Å²) in [5, 5.41) is 2.51. The minimum atomic E-state index is -4.52. The molecule has 1 atom stereocenters. The summed E-state index contributed by atoms with van der Waals surface area (Å²) >= 11 is 0. The highest BCUT2D eigenvalue weighted by molar-refractivity contribution is 6.10. The first-order chi connectivity index (χ1) is 11.8. The molecule has 0 spiro atoms. The van der Waals surface area contributed by atoms with Gasteiger partial charge in [0, 0.05) is 17.8 Å². The Bertz CT molecular complexity index is 818. The lowest BCUT2D eigenvalue weighted by molar-refractivity contribution is -0.188. The molecule has 1 unspecified atom stereocenters. The van der Waals surface area contributed by atoms with Crippen molar-refractivity contribution in [1.82, 2.24) is 10.0 Å². The van der Waals surface area contributed by atoms with Crippen LogP contribution in [0.2, 0.25) is 0 Å². The molecular weight excluding hydrogens is 331 g/mol. The molecule has 4 nitrogen and oxygen atoms in total. The zero-order valence-corrected chi connectivity index (χ0v) is 13.7. The molecule has 0 aromatic heterocycles. The Morgan fingerprint density at radius 3 is 2.76 bits per heavy atom. The number of benzene rings is 1. The number of alkyl halides is 3. The van der Waals surface area contributed by atoms with Gasteiger partial charge < -0.3 is 4.74 Å². The van der Waals surface area contributed by atoms with E-state index in [1.165, 1.54) is 5.01 Å². The highest BCUT2D eigenvalue weighted by Gasteiger charge is 2.47. The van der Waals surface area contributed by atoms with Gasteiger partial charge in [-0.05, 0) is 31.2 Å². The number of nitrogens with zero attached hydrogens (tertiary/aromatic N) is 3. The monoisotopic (exact) mass is 347 g/mol. The predicted octanol–water partition coefficient (Wildman–Crippen LogP) is 3.34. The number of rotatable bonds is 3. The van der Waals surface area contributed by atoms with Crippen LogP contribution in [0.4, 0.5) is 13.2 Å². The summed E-state index contributed by atoms with van der Waals surface area (Å²) in [5.41, 5.74) is 2.09. The molecule has 0 amide bonds. The summed E-state index contributed by atoms with van der Waals surface area (Å²) in [6.45, 7) is 1.77. The molecule has 25 heavy (non-hydrogen) atoms. The van der Waals surface area contributed by atoms with Crippen LogP contribution in [0.15, 0.2) is 52.9 Å². The highest BCUT2D eigenvalue weighted by atomic mass is 19.4. The predicted molar refractivity (Wildman–Crippen MR) is 88.6 cm³/mol. The molecule has 0 radical (unpaired) electrons. The first-order valence-corrected chi connectivity index (χ1v) is 7.56. The zero-order chi connectivity index (χ0) is 18.2. The van der Waals surface area contributed by atoms with Crippen LogP contribution in [0.25, 0.3) is 0 Å². The molecule has 0 fully saturated rings. The van der Waals surface area contributed by atoms with E-state index in [4.69, 9.17) is 11.2 Å². The van der Waals surface area contributed by atoms with Crippen molar-refractivity contribution in [2.24, 2.45) is 4.99 Å². The highest BCUT2D eigenvalue weighted by Crippen LogP contribution is 2.34. The van der Waals surface area contributed by atoms with Crippen molar-refractivity contribution in [2.75, 3.05) is 13.7 Å². The van der Waals surface area contributed by atoms with E-state index in [2.05, 4.69) is 4.99 Å². The number of aliphatic imine (C=N–C) groups is 1. The minimum absolute atomic E-state index is 0.0454. The molecule has 1 aromatic rings. The number of terminal acetylenes is 1. The number of hydrogen-bond acceptors (Lipinski definition) is 4. The van der Waals surface area contributed by atoms with Gasteiger partial charge in [-0.2, -0.15) is 18.2 Å². The molecule has 2 heterocycles. The van der Waals surface area contributed by atoms with Crippen LogP contribution in [0.1, 0.15) is 12.5 Å². The molecule has 0 N–H and O–H groups in total. The second kappa shape index (κ2) is 6.30. The molecule has 2 aliphatic rings. The lowest BCUT2D eigenvalue weighted by atomic mass is 10.1. The number of halogens is 3. The van der Waals surface area contributed by atoms with Crippen LogP contribution >= 0.6 is 0 Å². The summed E-state index contributed by atoms with van der Waals surface area (Å²) in [5.74, 6) is 2.94. The van der Waals surface area contributed by atoms with E-state index in [1.54, 1.807) is 26.2 Å². The van der Waals surface area contributed by atoms with Gasteiger partial charge in [-0.25, -0.2) is 4.99 Å². The Kier molecular flexibility index (Phi) is 4.31. The molecule has 2 aliphatic heterocycles. The third kappa shape index (κ3) is 3.13. The van der Waals surface area contributed by atoms with Crippen molar-refractivity contribution in [3.63, 3.8) is 0 Å². The maximum absolute atomic E-state index is 13.2. The standard InChI is InChI=1S/C18H16F3N3O/c1-4-16(18(19,20)21)23-9-8-17-22-15(10-12(2)24(17)23)13-6-5-7-14(11-13)25-3/h1,5-8,10-11,16H,9H2,2-3H3. The first-order valence-electron chi connectivity index (χ1n) is 7.56. The maximum atomic E-state index is 13.2. The van der Waals surface area contributed by atoms with Crippen LogP contribution in [-0.4, -0.2) is 41.6 Å². The maximum Gasteiger partial charge on any atom is 0.416 e. The van der Waals surface area contributed by atoms with Gasteiger partial charge in [-0.1, -0.05) is 18.1 Å². The zero-order valence-electron chi connectivity index (χ0n) is 13.7. The Balaban J connectivity index is 1.93. The van der Waals surface area contributed by atoms with Crippen molar-refractivity contribution in [2.45, 2.75) is 19.1 Å². The van der Waals surface area contributed by atoms with E-state index < -0.39 is 12.2 Å². The fourth-order valence-electron chi connectivity index (χ4n) is 2.87. The molecule has 3 rings (SSSR count). The number of allylic oxidation sites excluding steroid dienone is 2. The van der Waals surface area contributed by atoms with Crippen molar-refractivity contribution in [1.29, 1.82) is 0 Å². The Morgan fingerprint density at radius 1 is 1.36 bits per heavy atom. The SMILES string of the molecule is C#CC(N1CC=C2N=C(c3cccc(OC)c3)C=C(C)N21)C(F)(F)F. The molecule has 7 heteroatoms. The number of methoxy groups -OCH3 is 1. The summed E-state index contributed by atoms with van der Waals surface area (Å²) in [6.07, 6.45) is 3.97. The Morgan fingerprint density at radius 2 is 2.12 bits per heavy atom. The quantitative estimate of drug-likeness (QED) is 0.785. The number of hydrazine groups is 1. The lowest BCUT2D eigenvalue weighted by Crippen LogP contribution is -2.50. The number of hydrogen-bond donors (Lipinski definition) is 0. The molecule has 130 valence electrons. The smallest absolute Gasteiger partial charge is 0.416 e. The molecule has 1 aromatic carbocycles. The van der Waals surface area contributed by atoms with E-state index in [0.29, 0.717) is 23.0 Å². The van der Waals surface area contributed by atoms with E-state index in [0.717, 1.165) is 10.6 Å². The summed E-state index contributed by atoms with van der Waals surface area (Å²) in [7, 11) is 1.57. The summed E-state index contributed by atoms with van der Waals surface area (Å²) in [6, 6.07) is 5.34. The van der Waals surface area contributed by atoms with Crippen molar-refractivity contribution >= 4 is 5.71 Å². The molecular formula is C18H16F3N3O. The second-order valence-corrected chi connectivity index (χ2v) is 5.62. The lowest BCUT2D eigenvalue weighted by Gasteiger charge is -2.37. The van der Waals surface area contributed by atoms with Gasteiger partial charge >= 0.3 is 6.18 Å². The van der Waals surface area contributed by atoms with Crippen LogP contribution < -0.4 is 4.74 Å². The Hall–Kier alpha value is -2.72. The normalized spacial score (nSPS) is 18.7. The van der Waals surface area contributed by atoms with Gasteiger partial charge in [0.25, 0.3) is 0 Å². The fraction of sp³-hybridized carbons (Fsp3) is 0.278. The van der Waals surface area contributed by atoms with Gasteiger partial charge in [-0.15, -0.1) is 6.42 Å². The average Bonchev–Trinajstić information content (AvgIpc) is 2.98. The van der Waals surface area contributed by atoms with Crippen LogP contribution in [-0.2, 0) is 0 Å². The van der Waals surface area contributed by atoms with Crippen molar-refractivity contribution in [3.8, 4) is 18.1 Å². The van der Waals surface area contributed by atoms with Gasteiger partial charge in [-0.3, -0.25) is 5.01 Å². The average molecular weight is 347 g/mol. The molecule has 0 bridgehead atoms. The van der Waals surface area contributed by atoms with E-state index >= 15 is 0 Å². The summed E-state index contributed by atoms with van der Waals surface area (Å²) in [4.78, 5) is 4.48. The van der Waals surface area contributed by atoms with Crippen LogP contribution in [0.3, 0.4) is 0 Å². The van der Waals surface area contributed by atoms with Crippen LogP contribution in [0, 0.1) is 12.3 Å². The third-order valence-corrected chi connectivity index (χ3v) is 3.98. The van der Waals surface area contributed by atoms with E-state index in [9.17, 15) is 13.2 Å². The largest absolute Gasteiger partial charge is 0.497 e. The van der Waals surface area contributed by atoms with Crippen molar-refractivity contribution in [3.05, 3.63) is 53.5 Å². The minimum Gasteiger partial charge on any atom is -0.497 e. The van der Waals surface area contributed by atoms with Gasteiger partial charge in [0.1, 0.15) is 11.6 Å². The second-order valence-electron chi connectivity index (χ2n) is 5.62. The molecule has 0 saturated heterocycles. The molecule has 0 saturated carbocycles. The molecule has 0 aliphatic carbocycles. The number of fused-ring (bicyclic) bond motifs is 1. The summed E-state index contributed by atoms with van der Waals surface area (Å²) < 4.78 is 44.7. The number of ether oxygens (including phenoxy) is 1. The van der Waals surface area contributed by atoms with Crippen molar-refractivity contribution < 1.29 is 17.9 Å². The van der Waals surface area contributed by atoms with Crippen LogP contribution in [0.5, 0.6) is 5.75 Å². The third-order valence-electron chi connectivity index (χ3n) is 3.98. The van der Waals surface area contributed by atoms with E-state index in [-0.39, 0.29) is 6.54 Å². The van der Waals surface area contributed by atoms with Gasteiger partial charge in [0.2, 0.25) is 0 Å². The van der Waals surface area contributed by atoms with Gasteiger partial charge in [0.05, 0.1) is 12.8 Å². The first kappa shape index (κ1) is 17.1. The van der Waals surface area contributed by atoms with Gasteiger partial charge in [0.15, 0.2) is 6.04 Å². The topological polar surface area (TPSA) is 28.1 Å². The fourth-order valence-corrected chi connectivity index (χ4v) is 2.87.